The summed E-state index contributed by atoms with van der Waals surface area (Å²) in [5.41, 5.74) is 0.245. The lowest BCUT2D eigenvalue weighted by molar-refractivity contribution is -0.274. The SMILES string of the molecule is CCC(Cl)CNC(=O)c1ccc(OC(F)(F)F)cc1. The number of hydrogen-bond donors (Lipinski definition) is 1. The molecule has 1 aromatic carbocycles. The van der Waals surface area contributed by atoms with Gasteiger partial charge in [-0.05, 0) is 30.7 Å². The number of ether oxygens (including phenoxy) is 1. The van der Waals surface area contributed by atoms with Gasteiger partial charge in [0.2, 0.25) is 0 Å². The van der Waals surface area contributed by atoms with Gasteiger partial charge in [0.05, 0.1) is 5.38 Å². The Hall–Kier alpha value is -1.43. The first-order valence-electron chi connectivity index (χ1n) is 5.60. The van der Waals surface area contributed by atoms with Crippen LogP contribution in [0.15, 0.2) is 24.3 Å². The number of nitrogens with one attached hydrogen (secondary N) is 1. The van der Waals surface area contributed by atoms with Gasteiger partial charge in [0.15, 0.2) is 0 Å². The molecule has 3 nitrogen and oxygen atoms in total. The van der Waals surface area contributed by atoms with E-state index in [2.05, 4.69) is 10.1 Å². The molecule has 1 amide bonds. The van der Waals surface area contributed by atoms with Gasteiger partial charge in [-0.1, -0.05) is 6.92 Å². The fraction of sp³-hybridized carbons (Fsp3) is 0.417. The van der Waals surface area contributed by atoms with Crippen molar-refractivity contribution >= 4 is 17.5 Å². The molecule has 0 bridgehead atoms. The predicted octanol–water partition coefficient (Wildman–Crippen LogP) is 3.33. The topological polar surface area (TPSA) is 38.3 Å². The highest BCUT2D eigenvalue weighted by atomic mass is 35.5. The van der Waals surface area contributed by atoms with Crippen LogP contribution in [0.25, 0.3) is 0 Å². The van der Waals surface area contributed by atoms with E-state index < -0.39 is 12.3 Å². The van der Waals surface area contributed by atoms with Gasteiger partial charge in [0.25, 0.3) is 5.91 Å². The third kappa shape index (κ3) is 5.83. The van der Waals surface area contributed by atoms with Gasteiger partial charge in [-0.25, -0.2) is 0 Å². The molecule has 7 heteroatoms. The van der Waals surface area contributed by atoms with E-state index in [9.17, 15) is 18.0 Å². The van der Waals surface area contributed by atoms with Crippen molar-refractivity contribution in [1.82, 2.24) is 5.32 Å². The molecule has 1 rings (SSSR count). The maximum Gasteiger partial charge on any atom is 0.573 e. The summed E-state index contributed by atoms with van der Waals surface area (Å²) in [5, 5.41) is 2.41. The van der Waals surface area contributed by atoms with Crippen molar-refractivity contribution in [2.24, 2.45) is 0 Å². The van der Waals surface area contributed by atoms with E-state index in [1.165, 1.54) is 12.1 Å². The number of rotatable bonds is 5. The Labute approximate surface area is 113 Å². The molecular weight excluding hydrogens is 283 g/mol. The van der Waals surface area contributed by atoms with E-state index >= 15 is 0 Å². The van der Waals surface area contributed by atoms with Gasteiger partial charge in [-0.2, -0.15) is 0 Å². The van der Waals surface area contributed by atoms with Gasteiger partial charge < -0.3 is 10.1 Å². The van der Waals surface area contributed by atoms with Crippen LogP contribution in [0.2, 0.25) is 0 Å². The standard InChI is InChI=1S/C12H13ClF3NO2/c1-2-9(13)7-17-11(18)8-3-5-10(6-4-8)19-12(14,15)16/h3-6,9H,2,7H2,1H3,(H,17,18). The second-order valence-electron chi connectivity index (χ2n) is 3.79. The summed E-state index contributed by atoms with van der Waals surface area (Å²) in [7, 11) is 0. The Morgan fingerprint density at radius 3 is 2.42 bits per heavy atom. The van der Waals surface area contributed by atoms with E-state index in [1.807, 2.05) is 6.92 Å². The Kier molecular flexibility index (Phi) is 5.47. The van der Waals surface area contributed by atoms with Crippen molar-refractivity contribution in [1.29, 1.82) is 0 Å². The third-order valence-corrected chi connectivity index (χ3v) is 2.74. The van der Waals surface area contributed by atoms with Crippen molar-refractivity contribution in [2.45, 2.75) is 25.1 Å². The first-order valence-corrected chi connectivity index (χ1v) is 6.03. The average molecular weight is 296 g/mol. The summed E-state index contributed by atoms with van der Waals surface area (Å²) >= 11 is 5.83. The Balaban J connectivity index is 2.58. The van der Waals surface area contributed by atoms with Gasteiger partial charge in [0, 0.05) is 12.1 Å². The van der Waals surface area contributed by atoms with Crippen LogP contribution in [0.4, 0.5) is 13.2 Å². The summed E-state index contributed by atoms with van der Waals surface area (Å²) in [6.07, 6.45) is -4.03. The Morgan fingerprint density at radius 1 is 1.37 bits per heavy atom. The summed E-state index contributed by atoms with van der Waals surface area (Å²) in [6, 6.07) is 4.68. The van der Waals surface area contributed by atoms with Crippen molar-refractivity contribution in [3.8, 4) is 5.75 Å². The largest absolute Gasteiger partial charge is 0.573 e. The minimum absolute atomic E-state index is 0.170. The van der Waals surface area contributed by atoms with Crippen molar-refractivity contribution in [2.75, 3.05) is 6.54 Å². The monoisotopic (exact) mass is 295 g/mol. The average Bonchev–Trinajstić information content (AvgIpc) is 2.34. The molecule has 106 valence electrons. The highest BCUT2D eigenvalue weighted by Crippen LogP contribution is 2.22. The molecule has 0 spiro atoms. The third-order valence-electron chi connectivity index (χ3n) is 2.28. The lowest BCUT2D eigenvalue weighted by Crippen LogP contribution is -2.29. The molecule has 0 fully saturated rings. The number of benzene rings is 1. The number of carbonyl (C=O) groups is 1. The molecule has 0 saturated carbocycles. The Bertz CT molecular complexity index is 420. The van der Waals surface area contributed by atoms with Crippen molar-refractivity contribution < 1.29 is 22.7 Å². The predicted molar refractivity (Wildman–Crippen MR) is 65.4 cm³/mol. The fourth-order valence-electron chi connectivity index (χ4n) is 1.26. The summed E-state index contributed by atoms with van der Waals surface area (Å²) < 4.78 is 39.5. The molecule has 0 aliphatic heterocycles. The zero-order chi connectivity index (χ0) is 14.5. The lowest BCUT2D eigenvalue weighted by Gasteiger charge is -2.10. The normalized spacial score (nSPS) is 12.9. The summed E-state index contributed by atoms with van der Waals surface area (Å²) in [4.78, 5) is 11.6. The number of halogens is 4. The molecule has 1 aromatic rings. The first-order chi connectivity index (χ1) is 8.81. The minimum Gasteiger partial charge on any atom is -0.406 e. The lowest BCUT2D eigenvalue weighted by atomic mass is 10.2. The van der Waals surface area contributed by atoms with Gasteiger partial charge >= 0.3 is 6.36 Å². The smallest absolute Gasteiger partial charge is 0.406 e. The van der Waals surface area contributed by atoms with Crippen molar-refractivity contribution in [3.05, 3.63) is 29.8 Å². The molecule has 1 atom stereocenters. The van der Waals surface area contributed by atoms with E-state index in [-0.39, 0.29) is 16.7 Å². The minimum atomic E-state index is -4.74. The molecule has 0 aliphatic rings. The van der Waals surface area contributed by atoms with Crippen LogP contribution in [0.3, 0.4) is 0 Å². The van der Waals surface area contributed by atoms with Crippen LogP contribution in [-0.4, -0.2) is 24.2 Å². The molecule has 1 N–H and O–H groups in total. The molecular formula is C12H13ClF3NO2. The molecule has 0 aliphatic carbocycles. The zero-order valence-corrected chi connectivity index (χ0v) is 10.9. The van der Waals surface area contributed by atoms with E-state index in [0.29, 0.717) is 13.0 Å². The molecule has 1 unspecified atom stereocenters. The van der Waals surface area contributed by atoms with Gasteiger partial charge in [-0.3, -0.25) is 4.79 Å². The second-order valence-corrected chi connectivity index (χ2v) is 4.40. The summed E-state index contributed by atoms with van der Waals surface area (Å²) in [5.74, 6) is -0.759. The van der Waals surface area contributed by atoms with Crippen LogP contribution in [0.1, 0.15) is 23.7 Å². The number of amides is 1. The van der Waals surface area contributed by atoms with Crippen LogP contribution in [-0.2, 0) is 0 Å². The second kappa shape index (κ2) is 6.65. The Morgan fingerprint density at radius 2 is 1.95 bits per heavy atom. The zero-order valence-electron chi connectivity index (χ0n) is 10.1. The van der Waals surface area contributed by atoms with Crippen molar-refractivity contribution in [3.63, 3.8) is 0 Å². The number of carbonyl (C=O) groups excluding carboxylic acids is 1. The maximum absolute atomic E-state index is 11.9. The maximum atomic E-state index is 11.9. The van der Waals surface area contributed by atoms with Crippen LogP contribution in [0, 0.1) is 0 Å². The van der Waals surface area contributed by atoms with Crippen LogP contribution in [0.5, 0.6) is 5.75 Å². The molecule has 0 saturated heterocycles. The fourth-order valence-corrected chi connectivity index (χ4v) is 1.33. The summed E-state index contributed by atoms with van der Waals surface area (Å²) in [6.45, 7) is 2.19. The van der Waals surface area contributed by atoms with Gasteiger partial charge in [-0.15, -0.1) is 24.8 Å². The molecule has 0 aromatic heterocycles. The van der Waals surface area contributed by atoms with E-state index in [0.717, 1.165) is 12.1 Å². The van der Waals surface area contributed by atoms with Gasteiger partial charge in [0.1, 0.15) is 5.75 Å². The number of alkyl halides is 4. The first kappa shape index (κ1) is 15.6. The van der Waals surface area contributed by atoms with E-state index in [4.69, 9.17) is 11.6 Å². The highest BCUT2D eigenvalue weighted by Gasteiger charge is 2.31. The van der Waals surface area contributed by atoms with E-state index in [1.54, 1.807) is 0 Å². The highest BCUT2D eigenvalue weighted by molar-refractivity contribution is 6.20. The molecule has 19 heavy (non-hydrogen) atoms. The number of hydrogen-bond acceptors (Lipinski definition) is 2. The quantitative estimate of drug-likeness (QED) is 0.846. The molecule has 0 heterocycles. The van der Waals surface area contributed by atoms with Crippen LogP contribution >= 0.6 is 11.6 Å². The van der Waals surface area contributed by atoms with Crippen LogP contribution < -0.4 is 10.1 Å². The molecule has 0 radical (unpaired) electrons.